The van der Waals surface area contributed by atoms with Crippen molar-refractivity contribution < 1.29 is 9.59 Å². The van der Waals surface area contributed by atoms with Gasteiger partial charge < -0.3 is 10.2 Å². The molecule has 0 spiro atoms. The standard InChI is InChI=1S/C18H31N3O2.ClH/c1-20(18(23)14-9-10-14)16-8-5-11-21(12-16)13-17(22)19-15-6-3-2-4-7-15;/h14-16H,2-13H2,1H3,(H,19,22);1H. The normalized spacial score (nSPS) is 25.6. The van der Waals surface area contributed by atoms with Crippen molar-refractivity contribution in [3.8, 4) is 0 Å². The molecule has 3 aliphatic rings. The lowest BCUT2D eigenvalue weighted by molar-refractivity contribution is -0.134. The smallest absolute Gasteiger partial charge is 0.234 e. The number of likely N-dealkylation sites (N-methyl/N-ethyl adjacent to an activating group) is 1. The van der Waals surface area contributed by atoms with Crippen LogP contribution in [0.3, 0.4) is 0 Å². The lowest BCUT2D eigenvalue weighted by atomic mass is 9.95. The molecule has 1 saturated heterocycles. The average Bonchev–Trinajstić information content (AvgIpc) is 3.39. The topological polar surface area (TPSA) is 52.7 Å². The molecular weight excluding hydrogens is 326 g/mol. The van der Waals surface area contributed by atoms with Gasteiger partial charge in [0.1, 0.15) is 0 Å². The Morgan fingerprint density at radius 1 is 1.04 bits per heavy atom. The summed E-state index contributed by atoms with van der Waals surface area (Å²) in [5, 5.41) is 3.20. The summed E-state index contributed by atoms with van der Waals surface area (Å²) in [5.41, 5.74) is 0. The van der Waals surface area contributed by atoms with Crippen LogP contribution in [-0.4, -0.2) is 60.4 Å². The van der Waals surface area contributed by atoms with E-state index in [4.69, 9.17) is 0 Å². The quantitative estimate of drug-likeness (QED) is 0.820. The Labute approximate surface area is 151 Å². The van der Waals surface area contributed by atoms with Crippen molar-refractivity contribution in [2.45, 2.75) is 69.9 Å². The lowest BCUT2D eigenvalue weighted by Crippen LogP contribution is -2.51. The summed E-state index contributed by atoms with van der Waals surface area (Å²) in [6, 6.07) is 0.662. The average molecular weight is 358 g/mol. The van der Waals surface area contributed by atoms with Crippen LogP contribution >= 0.6 is 12.4 Å². The highest BCUT2D eigenvalue weighted by Gasteiger charge is 2.36. The summed E-state index contributed by atoms with van der Waals surface area (Å²) in [4.78, 5) is 28.7. The third-order valence-corrected chi connectivity index (χ3v) is 5.64. The van der Waals surface area contributed by atoms with Gasteiger partial charge in [0.15, 0.2) is 0 Å². The number of halogens is 1. The van der Waals surface area contributed by atoms with Crippen LogP contribution in [0, 0.1) is 5.92 Å². The zero-order valence-corrected chi connectivity index (χ0v) is 15.7. The molecule has 5 nitrogen and oxygen atoms in total. The van der Waals surface area contributed by atoms with E-state index in [0.29, 0.717) is 18.5 Å². The number of hydrogen-bond acceptors (Lipinski definition) is 3. The van der Waals surface area contributed by atoms with Crippen molar-refractivity contribution in [3.63, 3.8) is 0 Å². The summed E-state index contributed by atoms with van der Waals surface area (Å²) in [7, 11) is 1.94. The SMILES string of the molecule is CN(C(=O)C1CC1)C1CCCN(CC(=O)NC2CCCCC2)C1.Cl. The molecule has 1 unspecified atom stereocenters. The lowest BCUT2D eigenvalue weighted by Gasteiger charge is -2.37. The number of nitrogens with one attached hydrogen (secondary N) is 1. The molecule has 1 heterocycles. The Morgan fingerprint density at radius 2 is 1.75 bits per heavy atom. The Bertz CT molecular complexity index is 436. The van der Waals surface area contributed by atoms with E-state index in [2.05, 4.69) is 10.2 Å². The molecule has 3 rings (SSSR count). The number of carbonyl (C=O) groups is 2. The van der Waals surface area contributed by atoms with Gasteiger partial charge in [0.2, 0.25) is 11.8 Å². The first-order valence-corrected chi connectivity index (χ1v) is 9.42. The van der Waals surface area contributed by atoms with Gasteiger partial charge in [0.25, 0.3) is 0 Å². The molecule has 0 aromatic heterocycles. The van der Waals surface area contributed by atoms with Crippen LogP contribution in [0.1, 0.15) is 57.8 Å². The molecule has 1 aliphatic heterocycles. The highest BCUT2D eigenvalue weighted by molar-refractivity contribution is 5.85. The number of likely N-dealkylation sites (tertiary alicyclic amines) is 1. The van der Waals surface area contributed by atoms with Gasteiger partial charge in [-0.2, -0.15) is 0 Å². The summed E-state index contributed by atoms with van der Waals surface area (Å²) in [5.74, 6) is 0.752. The molecule has 2 aliphatic carbocycles. The Kier molecular flexibility index (Phi) is 7.35. The third-order valence-electron chi connectivity index (χ3n) is 5.64. The van der Waals surface area contributed by atoms with Gasteiger partial charge in [0, 0.05) is 31.6 Å². The van der Waals surface area contributed by atoms with E-state index in [1.54, 1.807) is 0 Å². The van der Waals surface area contributed by atoms with Crippen molar-refractivity contribution in [3.05, 3.63) is 0 Å². The van der Waals surface area contributed by atoms with E-state index >= 15 is 0 Å². The molecule has 1 N–H and O–H groups in total. The first kappa shape index (κ1) is 19.5. The predicted molar refractivity (Wildman–Crippen MR) is 97.2 cm³/mol. The summed E-state index contributed by atoms with van der Waals surface area (Å²) in [6.45, 7) is 2.30. The zero-order chi connectivity index (χ0) is 16.2. The van der Waals surface area contributed by atoms with E-state index in [0.717, 1.165) is 51.6 Å². The van der Waals surface area contributed by atoms with E-state index in [-0.39, 0.29) is 30.3 Å². The highest BCUT2D eigenvalue weighted by atomic mass is 35.5. The van der Waals surface area contributed by atoms with E-state index < -0.39 is 0 Å². The summed E-state index contributed by atoms with van der Waals surface area (Å²) in [6.07, 6.45) is 10.3. The maximum Gasteiger partial charge on any atom is 0.234 e. The van der Waals surface area contributed by atoms with Gasteiger partial charge >= 0.3 is 0 Å². The molecule has 6 heteroatoms. The third kappa shape index (κ3) is 5.35. The monoisotopic (exact) mass is 357 g/mol. The van der Waals surface area contributed by atoms with Crippen molar-refractivity contribution in [1.82, 2.24) is 15.1 Å². The maximum atomic E-state index is 12.3. The van der Waals surface area contributed by atoms with Crippen LogP contribution in [0.25, 0.3) is 0 Å². The number of carbonyl (C=O) groups excluding carboxylic acids is 2. The molecule has 0 bridgehead atoms. The number of hydrogen-bond donors (Lipinski definition) is 1. The molecule has 0 aromatic rings. The minimum absolute atomic E-state index is 0. The first-order valence-electron chi connectivity index (χ1n) is 9.42. The minimum atomic E-state index is 0. The van der Waals surface area contributed by atoms with Crippen molar-refractivity contribution >= 4 is 24.2 Å². The van der Waals surface area contributed by atoms with Crippen LogP contribution in [-0.2, 0) is 9.59 Å². The maximum absolute atomic E-state index is 12.3. The molecule has 3 fully saturated rings. The fraction of sp³-hybridized carbons (Fsp3) is 0.889. The van der Waals surface area contributed by atoms with Gasteiger partial charge in [-0.05, 0) is 45.1 Å². The van der Waals surface area contributed by atoms with E-state index in [9.17, 15) is 9.59 Å². The number of piperidine rings is 1. The van der Waals surface area contributed by atoms with Gasteiger partial charge in [-0.3, -0.25) is 14.5 Å². The number of nitrogens with zero attached hydrogens (tertiary/aromatic N) is 2. The van der Waals surface area contributed by atoms with Gasteiger partial charge in [-0.25, -0.2) is 0 Å². The second-order valence-electron chi connectivity index (χ2n) is 7.66. The van der Waals surface area contributed by atoms with Crippen LogP contribution in [0.4, 0.5) is 0 Å². The number of amides is 2. The van der Waals surface area contributed by atoms with Crippen LogP contribution < -0.4 is 5.32 Å². The largest absolute Gasteiger partial charge is 0.352 e. The van der Waals surface area contributed by atoms with Gasteiger partial charge in [-0.1, -0.05) is 19.3 Å². The molecule has 24 heavy (non-hydrogen) atoms. The Morgan fingerprint density at radius 3 is 2.42 bits per heavy atom. The second kappa shape index (κ2) is 9.04. The van der Waals surface area contributed by atoms with Crippen LogP contribution in [0.5, 0.6) is 0 Å². The van der Waals surface area contributed by atoms with Gasteiger partial charge in [0.05, 0.1) is 6.54 Å². The molecule has 138 valence electrons. The van der Waals surface area contributed by atoms with Crippen LogP contribution in [0.2, 0.25) is 0 Å². The van der Waals surface area contributed by atoms with E-state index in [1.807, 2.05) is 11.9 Å². The zero-order valence-electron chi connectivity index (χ0n) is 14.8. The summed E-state index contributed by atoms with van der Waals surface area (Å²) >= 11 is 0. The summed E-state index contributed by atoms with van der Waals surface area (Å²) < 4.78 is 0. The first-order chi connectivity index (χ1) is 11.1. The predicted octanol–water partition coefficient (Wildman–Crippen LogP) is 2.19. The highest BCUT2D eigenvalue weighted by Crippen LogP contribution is 2.32. The van der Waals surface area contributed by atoms with Crippen molar-refractivity contribution in [2.24, 2.45) is 5.92 Å². The molecular formula is C18H32ClN3O2. The number of rotatable bonds is 5. The Balaban J connectivity index is 0.00000208. The van der Waals surface area contributed by atoms with Crippen molar-refractivity contribution in [1.29, 1.82) is 0 Å². The van der Waals surface area contributed by atoms with E-state index in [1.165, 1.54) is 19.3 Å². The molecule has 2 saturated carbocycles. The molecule has 0 aromatic carbocycles. The molecule has 1 atom stereocenters. The van der Waals surface area contributed by atoms with Gasteiger partial charge in [-0.15, -0.1) is 12.4 Å². The Hall–Kier alpha value is -0.810. The fourth-order valence-corrected chi connectivity index (χ4v) is 4.01. The van der Waals surface area contributed by atoms with Crippen molar-refractivity contribution in [2.75, 3.05) is 26.7 Å². The molecule has 0 radical (unpaired) electrons. The van der Waals surface area contributed by atoms with Crippen LogP contribution in [0.15, 0.2) is 0 Å². The molecule has 2 amide bonds. The minimum Gasteiger partial charge on any atom is -0.352 e. The second-order valence-corrected chi connectivity index (χ2v) is 7.66. The fourth-order valence-electron chi connectivity index (χ4n) is 4.01.